The number of anilines is 1. The van der Waals surface area contributed by atoms with Gasteiger partial charge in [-0.15, -0.1) is 0 Å². The van der Waals surface area contributed by atoms with Crippen LogP contribution in [-0.4, -0.2) is 20.1 Å². The standard InChI is InChI=1S/C17H28N2/c1-14(2)16-5-4-11-19(12-10-16)17-8-6-15(7-9-17)13-18-3/h6-9,14,16,18H,4-5,10-13H2,1-3H3. The quantitative estimate of drug-likeness (QED) is 0.888. The van der Waals surface area contributed by atoms with Gasteiger partial charge in [0.05, 0.1) is 0 Å². The van der Waals surface area contributed by atoms with Crippen LogP contribution in [0.5, 0.6) is 0 Å². The van der Waals surface area contributed by atoms with E-state index in [1.807, 2.05) is 7.05 Å². The molecule has 19 heavy (non-hydrogen) atoms. The Morgan fingerprint density at radius 2 is 1.89 bits per heavy atom. The van der Waals surface area contributed by atoms with Crippen LogP contribution in [0, 0.1) is 11.8 Å². The molecule has 1 aromatic carbocycles. The second-order valence-corrected chi connectivity index (χ2v) is 6.12. The van der Waals surface area contributed by atoms with Gasteiger partial charge in [-0.2, -0.15) is 0 Å². The molecule has 1 saturated heterocycles. The summed E-state index contributed by atoms with van der Waals surface area (Å²) in [6.07, 6.45) is 4.07. The number of benzene rings is 1. The van der Waals surface area contributed by atoms with Gasteiger partial charge in [-0.1, -0.05) is 26.0 Å². The van der Waals surface area contributed by atoms with E-state index in [2.05, 4.69) is 48.3 Å². The molecule has 2 rings (SSSR count). The largest absolute Gasteiger partial charge is 0.372 e. The van der Waals surface area contributed by atoms with Gasteiger partial charge in [0.25, 0.3) is 0 Å². The van der Waals surface area contributed by atoms with Crippen molar-refractivity contribution >= 4 is 5.69 Å². The summed E-state index contributed by atoms with van der Waals surface area (Å²) in [5.41, 5.74) is 2.75. The van der Waals surface area contributed by atoms with Crippen molar-refractivity contribution in [3.8, 4) is 0 Å². The molecule has 0 amide bonds. The molecule has 0 aliphatic carbocycles. The number of nitrogens with one attached hydrogen (secondary N) is 1. The molecule has 1 fully saturated rings. The lowest BCUT2D eigenvalue weighted by Gasteiger charge is -2.23. The van der Waals surface area contributed by atoms with Crippen LogP contribution in [0.4, 0.5) is 5.69 Å². The van der Waals surface area contributed by atoms with Crippen molar-refractivity contribution in [2.24, 2.45) is 11.8 Å². The molecule has 2 heteroatoms. The molecule has 1 N–H and O–H groups in total. The molecule has 0 aromatic heterocycles. The smallest absolute Gasteiger partial charge is 0.0366 e. The maximum absolute atomic E-state index is 3.20. The molecule has 1 unspecified atom stereocenters. The van der Waals surface area contributed by atoms with E-state index in [0.717, 1.165) is 18.4 Å². The van der Waals surface area contributed by atoms with E-state index in [1.54, 1.807) is 0 Å². The van der Waals surface area contributed by atoms with Crippen molar-refractivity contribution in [3.63, 3.8) is 0 Å². The Bertz CT molecular complexity index is 369. The molecule has 1 aliphatic heterocycles. The van der Waals surface area contributed by atoms with Crippen LogP contribution in [0.15, 0.2) is 24.3 Å². The third-order valence-corrected chi connectivity index (χ3v) is 4.40. The van der Waals surface area contributed by atoms with E-state index in [9.17, 15) is 0 Å². The lowest BCUT2D eigenvalue weighted by molar-refractivity contribution is 0.351. The summed E-state index contributed by atoms with van der Waals surface area (Å²) in [4.78, 5) is 2.56. The summed E-state index contributed by atoms with van der Waals surface area (Å²) in [5.74, 6) is 1.74. The fraction of sp³-hybridized carbons (Fsp3) is 0.647. The van der Waals surface area contributed by atoms with Crippen molar-refractivity contribution in [2.45, 2.75) is 39.7 Å². The van der Waals surface area contributed by atoms with Crippen LogP contribution in [0.3, 0.4) is 0 Å². The highest BCUT2D eigenvalue weighted by atomic mass is 15.1. The summed E-state index contributed by atoms with van der Waals surface area (Å²) in [6, 6.07) is 9.05. The van der Waals surface area contributed by atoms with Crippen molar-refractivity contribution in [1.29, 1.82) is 0 Å². The van der Waals surface area contributed by atoms with E-state index >= 15 is 0 Å². The Labute approximate surface area is 118 Å². The topological polar surface area (TPSA) is 15.3 Å². The Morgan fingerprint density at radius 3 is 2.53 bits per heavy atom. The van der Waals surface area contributed by atoms with Gasteiger partial charge in [-0.3, -0.25) is 0 Å². The maximum atomic E-state index is 3.20. The van der Waals surface area contributed by atoms with Crippen molar-refractivity contribution < 1.29 is 0 Å². The molecule has 1 aromatic rings. The normalized spacial score (nSPS) is 20.6. The van der Waals surface area contributed by atoms with Crippen molar-refractivity contribution in [1.82, 2.24) is 5.32 Å². The fourth-order valence-corrected chi connectivity index (χ4v) is 3.08. The third kappa shape index (κ3) is 3.97. The lowest BCUT2D eigenvalue weighted by Crippen LogP contribution is -2.24. The number of nitrogens with zero attached hydrogens (tertiary/aromatic N) is 1. The van der Waals surface area contributed by atoms with Gasteiger partial charge in [-0.25, -0.2) is 0 Å². The van der Waals surface area contributed by atoms with Crippen LogP contribution in [0.1, 0.15) is 38.7 Å². The van der Waals surface area contributed by atoms with Gasteiger partial charge in [0.1, 0.15) is 0 Å². The highest BCUT2D eigenvalue weighted by Gasteiger charge is 2.19. The second-order valence-electron chi connectivity index (χ2n) is 6.12. The zero-order valence-corrected chi connectivity index (χ0v) is 12.7. The first kappa shape index (κ1) is 14.4. The number of hydrogen-bond acceptors (Lipinski definition) is 2. The van der Waals surface area contributed by atoms with Gasteiger partial charge in [0, 0.05) is 25.3 Å². The van der Waals surface area contributed by atoms with E-state index in [-0.39, 0.29) is 0 Å². The highest BCUT2D eigenvalue weighted by molar-refractivity contribution is 5.47. The molecular weight excluding hydrogens is 232 g/mol. The number of hydrogen-bond donors (Lipinski definition) is 1. The summed E-state index contributed by atoms with van der Waals surface area (Å²) in [5, 5.41) is 3.20. The van der Waals surface area contributed by atoms with Gasteiger partial charge in [-0.05, 0) is 55.8 Å². The summed E-state index contributed by atoms with van der Waals surface area (Å²) in [6.45, 7) is 8.12. The molecule has 0 saturated carbocycles. The maximum Gasteiger partial charge on any atom is 0.0366 e. The Hall–Kier alpha value is -1.02. The predicted molar refractivity (Wildman–Crippen MR) is 83.6 cm³/mol. The molecule has 2 nitrogen and oxygen atoms in total. The first-order valence-corrected chi connectivity index (χ1v) is 7.69. The molecule has 0 bridgehead atoms. The average molecular weight is 260 g/mol. The molecule has 1 heterocycles. The molecule has 0 spiro atoms. The van der Waals surface area contributed by atoms with E-state index in [1.165, 1.54) is 43.6 Å². The van der Waals surface area contributed by atoms with Crippen LogP contribution in [0.2, 0.25) is 0 Å². The molecule has 1 atom stereocenters. The van der Waals surface area contributed by atoms with Gasteiger partial charge >= 0.3 is 0 Å². The zero-order valence-electron chi connectivity index (χ0n) is 12.7. The summed E-state index contributed by atoms with van der Waals surface area (Å²) < 4.78 is 0. The highest BCUT2D eigenvalue weighted by Crippen LogP contribution is 2.27. The minimum atomic E-state index is 0.831. The molecule has 1 aliphatic rings. The molecular formula is C17H28N2. The fourth-order valence-electron chi connectivity index (χ4n) is 3.08. The Morgan fingerprint density at radius 1 is 1.16 bits per heavy atom. The third-order valence-electron chi connectivity index (χ3n) is 4.40. The SMILES string of the molecule is CNCc1ccc(N2CCCC(C(C)C)CC2)cc1. The lowest BCUT2D eigenvalue weighted by atomic mass is 9.89. The van der Waals surface area contributed by atoms with Crippen molar-refractivity contribution in [3.05, 3.63) is 29.8 Å². The molecule has 106 valence electrons. The second kappa shape index (κ2) is 6.95. The number of rotatable bonds is 4. The van der Waals surface area contributed by atoms with Crippen LogP contribution < -0.4 is 10.2 Å². The first-order valence-electron chi connectivity index (χ1n) is 7.69. The predicted octanol–water partition coefficient (Wildman–Crippen LogP) is 3.67. The van der Waals surface area contributed by atoms with Gasteiger partial charge in [0.15, 0.2) is 0 Å². The van der Waals surface area contributed by atoms with E-state index < -0.39 is 0 Å². The average Bonchev–Trinajstić information content (AvgIpc) is 2.66. The Balaban J connectivity index is 1.97. The first-order chi connectivity index (χ1) is 9.20. The van der Waals surface area contributed by atoms with Crippen LogP contribution in [-0.2, 0) is 6.54 Å². The minimum Gasteiger partial charge on any atom is -0.372 e. The summed E-state index contributed by atoms with van der Waals surface area (Å²) in [7, 11) is 1.99. The van der Waals surface area contributed by atoms with E-state index in [4.69, 9.17) is 0 Å². The van der Waals surface area contributed by atoms with Gasteiger partial charge < -0.3 is 10.2 Å². The minimum absolute atomic E-state index is 0.831. The molecule has 0 radical (unpaired) electrons. The van der Waals surface area contributed by atoms with Crippen molar-refractivity contribution in [2.75, 3.05) is 25.0 Å². The Kier molecular flexibility index (Phi) is 5.26. The van der Waals surface area contributed by atoms with E-state index in [0.29, 0.717) is 0 Å². The van der Waals surface area contributed by atoms with Gasteiger partial charge in [0.2, 0.25) is 0 Å². The van der Waals surface area contributed by atoms with Crippen LogP contribution >= 0.6 is 0 Å². The zero-order chi connectivity index (χ0) is 13.7. The summed E-state index contributed by atoms with van der Waals surface area (Å²) >= 11 is 0. The van der Waals surface area contributed by atoms with Crippen LogP contribution in [0.25, 0.3) is 0 Å². The monoisotopic (exact) mass is 260 g/mol.